The molecule has 18 heavy (non-hydrogen) atoms. The molecule has 0 radical (unpaired) electrons. The number of aliphatic hydroxyl groups is 1. The number of halogens is 2. The average molecular weight is 255 g/mol. The summed E-state index contributed by atoms with van der Waals surface area (Å²) in [6.45, 7) is 3.48. The number of hydrogen-bond acceptors (Lipinski definition) is 2. The maximum absolute atomic E-state index is 12.9. The molecule has 0 fully saturated rings. The van der Waals surface area contributed by atoms with Crippen LogP contribution in [0.1, 0.15) is 18.4 Å². The zero-order valence-electron chi connectivity index (χ0n) is 9.88. The molecule has 98 valence electrons. The Labute approximate surface area is 104 Å². The molecule has 0 atom stereocenters. The zero-order chi connectivity index (χ0) is 13.5. The van der Waals surface area contributed by atoms with Gasteiger partial charge in [-0.2, -0.15) is 0 Å². The molecule has 0 aliphatic heterocycles. The van der Waals surface area contributed by atoms with Crippen molar-refractivity contribution in [3.8, 4) is 0 Å². The van der Waals surface area contributed by atoms with Crippen molar-refractivity contribution in [3.05, 3.63) is 47.5 Å². The fourth-order valence-corrected chi connectivity index (χ4v) is 1.37. The number of amides is 1. The molecule has 0 aliphatic carbocycles. The average Bonchev–Trinajstić information content (AvgIpc) is 2.32. The molecule has 3 nitrogen and oxygen atoms in total. The van der Waals surface area contributed by atoms with Crippen molar-refractivity contribution in [2.45, 2.75) is 19.4 Å². The van der Waals surface area contributed by atoms with Crippen LogP contribution < -0.4 is 5.32 Å². The lowest BCUT2D eigenvalue weighted by Gasteiger charge is -2.06. The van der Waals surface area contributed by atoms with Gasteiger partial charge in [-0.15, -0.1) is 0 Å². The number of rotatable bonds is 6. The Bertz CT molecular complexity index is 426. The molecule has 1 aromatic carbocycles. The fourth-order valence-electron chi connectivity index (χ4n) is 1.37. The molecular formula is C13H15F2NO2. The van der Waals surface area contributed by atoms with Crippen molar-refractivity contribution >= 4 is 5.91 Å². The first-order chi connectivity index (χ1) is 8.51. The van der Waals surface area contributed by atoms with E-state index in [9.17, 15) is 13.6 Å². The molecule has 2 N–H and O–H groups in total. The second kappa shape index (κ2) is 6.86. The minimum Gasteiger partial charge on any atom is -0.392 e. The topological polar surface area (TPSA) is 49.3 Å². The molecule has 0 bridgehead atoms. The van der Waals surface area contributed by atoms with Crippen molar-refractivity contribution < 1.29 is 18.7 Å². The van der Waals surface area contributed by atoms with Crippen LogP contribution >= 0.6 is 0 Å². The maximum atomic E-state index is 12.9. The molecule has 0 aliphatic rings. The van der Waals surface area contributed by atoms with E-state index in [1.165, 1.54) is 0 Å². The third-order valence-electron chi connectivity index (χ3n) is 2.34. The van der Waals surface area contributed by atoms with E-state index in [-0.39, 0.29) is 25.5 Å². The quantitative estimate of drug-likeness (QED) is 0.763. The summed E-state index contributed by atoms with van der Waals surface area (Å²) in [5, 5.41) is 11.2. The maximum Gasteiger partial charge on any atom is 0.220 e. The van der Waals surface area contributed by atoms with E-state index in [1.54, 1.807) is 0 Å². The summed E-state index contributed by atoms with van der Waals surface area (Å²) in [6.07, 6.45) is 0.580. The van der Waals surface area contributed by atoms with Crippen LogP contribution in [-0.2, 0) is 11.3 Å². The van der Waals surface area contributed by atoms with Gasteiger partial charge in [-0.3, -0.25) is 4.79 Å². The van der Waals surface area contributed by atoms with Crippen molar-refractivity contribution in [2.24, 2.45) is 0 Å². The largest absolute Gasteiger partial charge is 0.392 e. The third kappa shape index (κ3) is 5.05. The number of aliphatic hydroxyl groups excluding tert-OH is 1. The van der Waals surface area contributed by atoms with Crippen molar-refractivity contribution in [2.75, 3.05) is 6.61 Å². The summed E-state index contributed by atoms with van der Waals surface area (Å²) >= 11 is 0. The monoisotopic (exact) mass is 255 g/mol. The summed E-state index contributed by atoms with van der Waals surface area (Å²) in [7, 11) is 0. The van der Waals surface area contributed by atoms with Crippen LogP contribution in [0.25, 0.3) is 0 Å². The number of carbonyl (C=O) groups excluding carboxylic acids is 1. The van der Waals surface area contributed by atoms with E-state index < -0.39 is 11.6 Å². The van der Waals surface area contributed by atoms with Gasteiger partial charge in [-0.05, 0) is 24.1 Å². The molecule has 0 saturated carbocycles. The van der Waals surface area contributed by atoms with Crippen molar-refractivity contribution in [1.82, 2.24) is 5.32 Å². The molecule has 0 heterocycles. The van der Waals surface area contributed by atoms with E-state index in [1.807, 2.05) is 0 Å². The Hall–Kier alpha value is -1.75. The summed E-state index contributed by atoms with van der Waals surface area (Å²) in [5.74, 6) is -1.60. The van der Waals surface area contributed by atoms with Crippen molar-refractivity contribution in [3.63, 3.8) is 0 Å². The van der Waals surface area contributed by atoms with Gasteiger partial charge in [0.25, 0.3) is 0 Å². The zero-order valence-corrected chi connectivity index (χ0v) is 9.88. The molecule has 1 rings (SSSR count). The molecule has 5 heteroatoms. The lowest BCUT2D eigenvalue weighted by molar-refractivity contribution is -0.121. The highest BCUT2D eigenvalue weighted by Gasteiger charge is 2.04. The number of hydrogen-bond donors (Lipinski definition) is 2. The molecule has 0 saturated heterocycles. The van der Waals surface area contributed by atoms with Crippen LogP contribution in [-0.4, -0.2) is 17.6 Å². The van der Waals surface area contributed by atoms with Gasteiger partial charge >= 0.3 is 0 Å². The van der Waals surface area contributed by atoms with Gasteiger partial charge < -0.3 is 10.4 Å². The van der Waals surface area contributed by atoms with Gasteiger partial charge in [0.1, 0.15) is 11.6 Å². The first-order valence-electron chi connectivity index (χ1n) is 5.50. The van der Waals surface area contributed by atoms with Crippen LogP contribution in [0, 0.1) is 11.6 Å². The van der Waals surface area contributed by atoms with E-state index in [0.29, 0.717) is 17.6 Å². The standard InChI is InChI=1S/C13H15F2NO2/c1-9(8-17)2-3-13(18)16-7-10-4-11(14)6-12(15)5-10/h4-6,17H,1-3,7-8H2,(H,16,18). The van der Waals surface area contributed by atoms with Crippen LogP contribution in [0.3, 0.4) is 0 Å². The van der Waals surface area contributed by atoms with Crippen LogP contribution in [0.5, 0.6) is 0 Å². The van der Waals surface area contributed by atoms with Gasteiger partial charge in [0.2, 0.25) is 5.91 Å². The van der Waals surface area contributed by atoms with Gasteiger partial charge in [-0.25, -0.2) is 8.78 Å². The molecule has 0 aromatic heterocycles. The van der Waals surface area contributed by atoms with E-state index in [4.69, 9.17) is 5.11 Å². The number of nitrogens with one attached hydrogen (secondary N) is 1. The van der Waals surface area contributed by atoms with Crippen molar-refractivity contribution in [1.29, 1.82) is 0 Å². The summed E-state index contributed by atoms with van der Waals surface area (Å²) in [5.41, 5.74) is 0.934. The lowest BCUT2D eigenvalue weighted by atomic mass is 10.1. The highest BCUT2D eigenvalue weighted by Crippen LogP contribution is 2.08. The highest BCUT2D eigenvalue weighted by molar-refractivity contribution is 5.76. The predicted octanol–water partition coefficient (Wildman–Crippen LogP) is 1.91. The Morgan fingerprint density at radius 3 is 2.39 bits per heavy atom. The molecule has 1 aromatic rings. The SMILES string of the molecule is C=C(CO)CCC(=O)NCc1cc(F)cc(F)c1. The van der Waals surface area contributed by atoms with E-state index in [2.05, 4.69) is 11.9 Å². The van der Waals surface area contributed by atoms with Gasteiger partial charge in [0, 0.05) is 19.0 Å². The number of benzene rings is 1. The van der Waals surface area contributed by atoms with Crippen LogP contribution in [0.15, 0.2) is 30.4 Å². The van der Waals surface area contributed by atoms with Crippen LogP contribution in [0.2, 0.25) is 0 Å². The lowest BCUT2D eigenvalue weighted by Crippen LogP contribution is -2.22. The Balaban J connectivity index is 2.40. The number of carbonyl (C=O) groups is 1. The fraction of sp³-hybridized carbons (Fsp3) is 0.308. The van der Waals surface area contributed by atoms with Gasteiger partial charge in [0.05, 0.1) is 6.61 Å². The first-order valence-corrected chi connectivity index (χ1v) is 5.50. The van der Waals surface area contributed by atoms with Gasteiger partial charge in [0.15, 0.2) is 0 Å². The molecular weight excluding hydrogens is 240 g/mol. The molecule has 0 spiro atoms. The highest BCUT2D eigenvalue weighted by atomic mass is 19.1. The Kier molecular flexibility index (Phi) is 5.45. The van der Waals surface area contributed by atoms with Crippen LogP contribution in [0.4, 0.5) is 8.78 Å². The first kappa shape index (κ1) is 14.3. The summed E-state index contributed by atoms with van der Waals surface area (Å²) < 4.78 is 25.7. The smallest absolute Gasteiger partial charge is 0.220 e. The molecule has 0 unspecified atom stereocenters. The van der Waals surface area contributed by atoms with Gasteiger partial charge in [-0.1, -0.05) is 12.2 Å². The Morgan fingerprint density at radius 2 is 1.83 bits per heavy atom. The predicted molar refractivity (Wildman–Crippen MR) is 63.7 cm³/mol. The summed E-state index contributed by atoms with van der Waals surface area (Å²) in [6, 6.07) is 3.10. The summed E-state index contributed by atoms with van der Waals surface area (Å²) in [4.78, 5) is 11.4. The minimum atomic E-state index is -0.673. The minimum absolute atomic E-state index is 0.0686. The second-order valence-corrected chi connectivity index (χ2v) is 3.96. The third-order valence-corrected chi connectivity index (χ3v) is 2.34. The van der Waals surface area contributed by atoms with E-state index >= 15 is 0 Å². The Morgan fingerprint density at radius 1 is 1.22 bits per heavy atom. The second-order valence-electron chi connectivity index (χ2n) is 3.96. The van der Waals surface area contributed by atoms with E-state index in [0.717, 1.165) is 18.2 Å². The molecule has 1 amide bonds. The normalized spacial score (nSPS) is 10.2.